The average molecular weight is 176 g/mol. The summed E-state index contributed by atoms with van der Waals surface area (Å²) in [6.45, 7) is 6.22. The van der Waals surface area contributed by atoms with Crippen LogP contribution in [0, 0.1) is 0 Å². The summed E-state index contributed by atoms with van der Waals surface area (Å²) in [5, 5.41) is 0. The van der Waals surface area contributed by atoms with E-state index in [0.717, 1.165) is 5.57 Å². The van der Waals surface area contributed by atoms with Gasteiger partial charge in [-0.1, -0.05) is 12.2 Å². The molecule has 0 saturated carbocycles. The van der Waals surface area contributed by atoms with Crippen molar-refractivity contribution in [2.45, 2.75) is 13.3 Å². The molecule has 0 atom stereocenters. The summed E-state index contributed by atoms with van der Waals surface area (Å²) in [6.07, 6.45) is 0.408. The third kappa shape index (κ3) is 4.85. The summed E-state index contributed by atoms with van der Waals surface area (Å²) >= 11 is 5.41. The third-order valence-electron chi connectivity index (χ3n) is 1.24. The van der Waals surface area contributed by atoms with Gasteiger partial charge in [0.2, 0.25) is 5.91 Å². The van der Waals surface area contributed by atoms with E-state index in [1.165, 1.54) is 0 Å². The highest BCUT2D eigenvalue weighted by Gasteiger charge is 2.06. The van der Waals surface area contributed by atoms with Crippen molar-refractivity contribution in [3.05, 3.63) is 12.2 Å². The Morgan fingerprint density at radius 3 is 2.55 bits per heavy atom. The molecule has 0 N–H and O–H groups in total. The molecule has 1 amide bonds. The predicted molar refractivity (Wildman–Crippen MR) is 47.8 cm³/mol. The fraction of sp³-hybridized carbons (Fsp3) is 0.625. The van der Waals surface area contributed by atoms with Gasteiger partial charge in [0.05, 0.1) is 0 Å². The summed E-state index contributed by atoms with van der Waals surface area (Å²) in [7, 11) is 1.75. The summed E-state index contributed by atoms with van der Waals surface area (Å²) in [4.78, 5) is 12.7. The quantitative estimate of drug-likeness (QED) is 0.470. The summed E-state index contributed by atoms with van der Waals surface area (Å²) in [5.41, 5.74) is 0.982. The molecule has 0 rings (SSSR count). The second-order valence-electron chi connectivity index (χ2n) is 2.65. The third-order valence-corrected chi connectivity index (χ3v) is 1.43. The minimum absolute atomic E-state index is 0.0722. The predicted octanol–water partition coefficient (Wildman–Crippen LogP) is 1.65. The Labute approximate surface area is 72.8 Å². The molecule has 0 saturated heterocycles. The van der Waals surface area contributed by atoms with Gasteiger partial charge in [0.25, 0.3) is 0 Å². The van der Waals surface area contributed by atoms with Crippen LogP contribution in [-0.4, -0.2) is 30.3 Å². The van der Waals surface area contributed by atoms with Crippen molar-refractivity contribution in [1.82, 2.24) is 4.90 Å². The highest BCUT2D eigenvalue weighted by Crippen LogP contribution is 1.96. The molecular formula is C8H14ClNO. The van der Waals surface area contributed by atoms with Crippen LogP contribution in [0.4, 0.5) is 0 Å². The van der Waals surface area contributed by atoms with Gasteiger partial charge in [0, 0.05) is 25.9 Å². The number of carbonyl (C=O) groups is 1. The van der Waals surface area contributed by atoms with E-state index in [9.17, 15) is 4.79 Å². The van der Waals surface area contributed by atoms with E-state index in [1.54, 1.807) is 11.9 Å². The van der Waals surface area contributed by atoms with Crippen LogP contribution in [0.3, 0.4) is 0 Å². The number of hydrogen-bond acceptors (Lipinski definition) is 1. The van der Waals surface area contributed by atoms with Crippen LogP contribution in [0.15, 0.2) is 12.2 Å². The lowest BCUT2D eigenvalue weighted by Gasteiger charge is -2.15. The topological polar surface area (TPSA) is 20.3 Å². The molecule has 0 spiro atoms. The van der Waals surface area contributed by atoms with E-state index in [0.29, 0.717) is 18.8 Å². The zero-order valence-electron chi connectivity index (χ0n) is 7.06. The average Bonchev–Trinajstić information content (AvgIpc) is 1.86. The molecular weight excluding hydrogens is 162 g/mol. The van der Waals surface area contributed by atoms with Crippen LogP contribution in [0.25, 0.3) is 0 Å². The normalized spacial score (nSPS) is 9.36. The van der Waals surface area contributed by atoms with Crippen LogP contribution in [0.2, 0.25) is 0 Å². The molecule has 0 fully saturated rings. The highest BCUT2D eigenvalue weighted by atomic mass is 35.5. The molecule has 0 radical (unpaired) electrons. The number of likely N-dealkylation sites (N-methyl/N-ethyl adjacent to an activating group) is 1. The molecule has 0 aromatic carbocycles. The molecule has 64 valence electrons. The first kappa shape index (κ1) is 10.5. The second-order valence-corrected chi connectivity index (χ2v) is 3.02. The molecule has 11 heavy (non-hydrogen) atoms. The minimum Gasteiger partial charge on any atom is -0.342 e. The Balaban J connectivity index is 3.73. The van der Waals surface area contributed by atoms with Gasteiger partial charge in [-0.2, -0.15) is 0 Å². The Morgan fingerprint density at radius 1 is 1.64 bits per heavy atom. The van der Waals surface area contributed by atoms with Crippen molar-refractivity contribution in [2.24, 2.45) is 0 Å². The van der Waals surface area contributed by atoms with E-state index in [1.807, 2.05) is 6.92 Å². The van der Waals surface area contributed by atoms with Crippen molar-refractivity contribution in [2.75, 3.05) is 19.5 Å². The van der Waals surface area contributed by atoms with Crippen molar-refractivity contribution in [3.8, 4) is 0 Å². The Morgan fingerprint density at radius 2 is 2.18 bits per heavy atom. The largest absolute Gasteiger partial charge is 0.342 e. The number of halogens is 1. The van der Waals surface area contributed by atoms with Gasteiger partial charge in [0.1, 0.15) is 0 Å². The number of rotatable bonds is 4. The maximum absolute atomic E-state index is 11.1. The second kappa shape index (κ2) is 5.19. The van der Waals surface area contributed by atoms with Crippen molar-refractivity contribution in [1.29, 1.82) is 0 Å². The standard InChI is InChI=1S/C8H14ClNO/c1-7(2)6-10(3)8(11)4-5-9/h1,4-6H2,2-3H3. The van der Waals surface area contributed by atoms with E-state index < -0.39 is 0 Å². The molecule has 0 bridgehead atoms. The van der Waals surface area contributed by atoms with Crippen molar-refractivity contribution in [3.63, 3.8) is 0 Å². The maximum atomic E-state index is 11.1. The van der Waals surface area contributed by atoms with Crippen LogP contribution in [0.5, 0.6) is 0 Å². The molecule has 0 aliphatic carbocycles. The lowest BCUT2D eigenvalue weighted by molar-refractivity contribution is -0.129. The molecule has 0 aromatic heterocycles. The number of alkyl halides is 1. The lowest BCUT2D eigenvalue weighted by Crippen LogP contribution is -2.28. The SMILES string of the molecule is C=C(C)CN(C)C(=O)CCCl. The van der Waals surface area contributed by atoms with E-state index >= 15 is 0 Å². The van der Waals surface area contributed by atoms with Gasteiger partial charge >= 0.3 is 0 Å². The van der Waals surface area contributed by atoms with Gasteiger partial charge < -0.3 is 4.90 Å². The van der Waals surface area contributed by atoms with E-state index in [2.05, 4.69) is 6.58 Å². The smallest absolute Gasteiger partial charge is 0.223 e. The first-order valence-electron chi connectivity index (χ1n) is 3.52. The maximum Gasteiger partial charge on any atom is 0.223 e. The van der Waals surface area contributed by atoms with Crippen molar-refractivity contribution < 1.29 is 4.79 Å². The first-order valence-corrected chi connectivity index (χ1v) is 4.05. The number of hydrogen-bond donors (Lipinski definition) is 0. The molecule has 3 heteroatoms. The molecule has 2 nitrogen and oxygen atoms in total. The van der Waals surface area contributed by atoms with E-state index in [4.69, 9.17) is 11.6 Å². The summed E-state index contributed by atoms with van der Waals surface area (Å²) < 4.78 is 0. The molecule has 0 heterocycles. The Kier molecular flexibility index (Phi) is 4.95. The van der Waals surface area contributed by atoms with Gasteiger partial charge in [0.15, 0.2) is 0 Å². The molecule has 0 aliphatic heterocycles. The van der Waals surface area contributed by atoms with Crippen LogP contribution in [0.1, 0.15) is 13.3 Å². The summed E-state index contributed by atoms with van der Waals surface area (Å²) in [6, 6.07) is 0. The number of carbonyl (C=O) groups excluding carboxylic acids is 1. The van der Waals surface area contributed by atoms with Gasteiger partial charge in [-0.05, 0) is 6.92 Å². The molecule has 0 aromatic rings. The van der Waals surface area contributed by atoms with Crippen LogP contribution in [-0.2, 0) is 4.79 Å². The fourth-order valence-corrected chi connectivity index (χ4v) is 0.926. The lowest BCUT2D eigenvalue weighted by atomic mass is 10.3. The van der Waals surface area contributed by atoms with Crippen LogP contribution < -0.4 is 0 Å². The number of nitrogens with zero attached hydrogens (tertiary/aromatic N) is 1. The molecule has 0 unspecified atom stereocenters. The minimum atomic E-state index is 0.0722. The Hall–Kier alpha value is -0.500. The number of amides is 1. The fourth-order valence-electron chi connectivity index (χ4n) is 0.765. The monoisotopic (exact) mass is 175 g/mol. The van der Waals surface area contributed by atoms with Gasteiger partial charge in [-0.25, -0.2) is 0 Å². The zero-order chi connectivity index (χ0) is 8.85. The van der Waals surface area contributed by atoms with Crippen molar-refractivity contribution >= 4 is 17.5 Å². The summed E-state index contributed by atoms with van der Waals surface area (Å²) in [5.74, 6) is 0.460. The zero-order valence-corrected chi connectivity index (χ0v) is 7.82. The van der Waals surface area contributed by atoms with E-state index in [-0.39, 0.29) is 5.91 Å². The van der Waals surface area contributed by atoms with Gasteiger partial charge in [-0.3, -0.25) is 4.79 Å². The highest BCUT2D eigenvalue weighted by molar-refractivity contribution is 6.18. The van der Waals surface area contributed by atoms with Crippen LogP contribution >= 0.6 is 11.6 Å². The molecule has 0 aliphatic rings. The van der Waals surface area contributed by atoms with Gasteiger partial charge in [-0.15, -0.1) is 11.6 Å². The first-order chi connectivity index (χ1) is 5.07. The Bertz CT molecular complexity index is 156.